The number of aromatic nitrogens is 3. The van der Waals surface area contributed by atoms with Crippen LogP contribution in [0.4, 0.5) is 23.7 Å². The van der Waals surface area contributed by atoms with Gasteiger partial charge < -0.3 is 24.1 Å². The van der Waals surface area contributed by atoms with Crippen LogP contribution in [0.25, 0.3) is 22.7 Å². The molecule has 2 aromatic heterocycles. The molecule has 1 N–H and O–H groups in total. The number of alkyl halides is 2. The third-order valence-electron chi connectivity index (χ3n) is 7.88. The number of hydrogen-bond acceptors (Lipinski definition) is 9. The first-order valence-electron chi connectivity index (χ1n) is 15.8. The summed E-state index contributed by atoms with van der Waals surface area (Å²) in [5.74, 6) is -1.61. The van der Waals surface area contributed by atoms with E-state index >= 15 is 8.78 Å². The number of alkyl carbamates (subject to hydrolysis) is 1. The predicted octanol–water partition coefficient (Wildman–Crippen LogP) is 7.45. The Morgan fingerprint density at radius 2 is 1.86 bits per heavy atom. The highest BCUT2D eigenvalue weighted by atomic mass is 19.1. The standard InChI is InChI=1S/C36H37F3N6O5/c1-20(37)48-23-12-13-27(41-17-23)22-10-8-21(9-11-22)18-45-29-14-24(30-43-44-32(49-30)35(5,6)19-40)26(38)15-25(29)36(7,39)16-28(31(45)46)42-33(47)50-34(2,3)4/h8-15,17,20,28H,16,18H2,1-7H3,(H,42,47)/t20-,28+,36?/m0/s1. The number of halogens is 3. The van der Waals surface area contributed by atoms with Crippen LogP contribution in [-0.2, 0) is 27.2 Å². The molecule has 2 aromatic carbocycles. The predicted molar refractivity (Wildman–Crippen MR) is 177 cm³/mol. The maximum Gasteiger partial charge on any atom is 0.408 e. The van der Waals surface area contributed by atoms with Gasteiger partial charge >= 0.3 is 6.09 Å². The van der Waals surface area contributed by atoms with Crippen molar-refractivity contribution in [3.05, 3.63) is 77.6 Å². The average Bonchev–Trinajstić information content (AvgIpc) is 3.51. The van der Waals surface area contributed by atoms with Crippen LogP contribution in [0.2, 0.25) is 0 Å². The summed E-state index contributed by atoms with van der Waals surface area (Å²) in [7, 11) is 0. The van der Waals surface area contributed by atoms with Crippen LogP contribution in [0.1, 0.15) is 71.9 Å². The van der Waals surface area contributed by atoms with Crippen molar-refractivity contribution in [2.45, 2.75) is 90.5 Å². The molecule has 50 heavy (non-hydrogen) atoms. The maximum absolute atomic E-state index is 16.6. The Balaban J connectivity index is 1.55. The highest BCUT2D eigenvalue weighted by Crippen LogP contribution is 2.44. The molecule has 0 spiro atoms. The first-order valence-corrected chi connectivity index (χ1v) is 15.8. The van der Waals surface area contributed by atoms with E-state index in [1.807, 2.05) is 6.07 Å². The molecule has 0 bridgehead atoms. The minimum Gasteiger partial charge on any atom is -0.459 e. The van der Waals surface area contributed by atoms with Gasteiger partial charge in [0.05, 0.1) is 35.8 Å². The minimum absolute atomic E-state index is 0.0209. The number of nitriles is 1. The number of nitrogens with zero attached hydrogens (tertiary/aromatic N) is 5. The van der Waals surface area contributed by atoms with E-state index in [9.17, 15) is 19.2 Å². The number of rotatable bonds is 8. The maximum atomic E-state index is 16.6. The molecule has 11 nitrogen and oxygen atoms in total. The molecule has 262 valence electrons. The van der Waals surface area contributed by atoms with Gasteiger partial charge in [0.2, 0.25) is 18.2 Å². The second kappa shape index (κ2) is 13.5. The number of hydrogen-bond donors (Lipinski definition) is 1. The van der Waals surface area contributed by atoms with Crippen LogP contribution in [-0.4, -0.2) is 45.2 Å². The Hall–Kier alpha value is -5.45. The fourth-order valence-corrected chi connectivity index (χ4v) is 5.38. The fraction of sp³-hybridized carbons (Fsp3) is 0.389. The number of pyridine rings is 1. The van der Waals surface area contributed by atoms with Gasteiger partial charge in [-0.05, 0) is 71.4 Å². The third kappa shape index (κ3) is 7.88. The van der Waals surface area contributed by atoms with Crippen molar-refractivity contribution < 1.29 is 36.7 Å². The highest BCUT2D eigenvalue weighted by Gasteiger charge is 2.44. The van der Waals surface area contributed by atoms with Gasteiger partial charge in [-0.3, -0.25) is 9.78 Å². The van der Waals surface area contributed by atoms with Gasteiger partial charge in [-0.15, -0.1) is 10.2 Å². The molecule has 1 unspecified atom stereocenters. The molecule has 0 aliphatic carbocycles. The Morgan fingerprint density at radius 1 is 1.16 bits per heavy atom. The molecule has 5 rings (SSSR count). The number of anilines is 1. The number of carbonyl (C=O) groups is 2. The summed E-state index contributed by atoms with van der Waals surface area (Å²) in [5, 5.41) is 19.9. The van der Waals surface area contributed by atoms with Crippen molar-refractivity contribution >= 4 is 17.7 Å². The van der Waals surface area contributed by atoms with Gasteiger partial charge in [-0.1, -0.05) is 24.3 Å². The number of ether oxygens (including phenoxy) is 2. The van der Waals surface area contributed by atoms with Gasteiger partial charge in [0, 0.05) is 24.5 Å². The topological polar surface area (TPSA) is 143 Å². The molecule has 0 saturated heterocycles. The van der Waals surface area contributed by atoms with Crippen LogP contribution in [0, 0.1) is 17.1 Å². The van der Waals surface area contributed by atoms with Gasteiger partial charge in [-0.2, -0.15) is 5.26 Å². The van der Waals surface area contributed by atoms with E-state index in [-0.39, 0.29) is 40.9 Å². The zero-order valence-electron chi connectivity index (χ0n) is 28.7. The number of nitrogens with one attached hydrogen (secondary N) is 1. The lowest BCUT2D eigenvalue weighted by Crippen LogP contribution is -2.50. The smallest absolute Gasteiger partial charge is 0.408 e. The number of fused-ring (bicyclic) bond motifs is 1. The molecule has 0 saturated carbocycles. The molecular formula is C36H37F3N6O5. The molecule has 3 atom stereocenters. The lowest BCUT2D eigenvalue weighted by atomic mass is 9.90. The van der Waals surface area contributed by atoms with E-state index in [2.05, 4.69) is 20.5 Å². The van der Waals surface area contributed by atoms with Crippen molar-refractivity contribution in [3.8, 4) is 34.5 Å². The van der Waals surface area contributed by atoms with Crippen LogP contribution >= 0.6 is 0 Å². The number of benzene rings is 2. The van der Waals surface area contributed by atoms with Gasteiger partial charge in [0.1, 0.15) is 34.3 Å². The largest absolute Gasteiger partial charge is 0.459 e. The molecule has 1 aliphatic heterocycles. The quantitative estimate of drug-likeness (QED) is 0.199. The summed E-state index contributed by atoms with van der Waals surface area (Å²) in [6.45, 7) is 10.4. The van der Waals surface area contributed by atoms with E-state index in [0.29, 0.717) is 16.8 Å². The van der Waals surface area contributed by atoms with Crippen LogP contribution in [0.5, 0.6) is 5.75 Å². The number of amides is 2. The number of carbonyl (C=O) groups excluding carboxylic acids is 2. The molecule has 4 aromatic rings. The van der Waals surface area contributed by atoms with E-state index in [1.54, 1.807) is 71.0 Å². The second-order valence-corrected chi connectivity index (χ2v) is 13.8. The summed E-state index contributed by atoms with van der Waals surface area (Å²) in [6.07, 6.45) is -1.52. The van der Waals surface area contributed by atoms with Crippen molar-refractivity contribution in [2.75, 3.05) is 4.90 Å². The molecule has 2 amide bonds. The molecule has 0 radical (unpaired) electrons. The monoisotopic (exact) mass is 690 g/mol. The van der Waals surface area contributed by atoms with E-state index in [4.69, 9.17) is 13.9 Å². The van der Waals surface area contributed by atoms with Crippen molar-refractivity contribution in [1.82, 2.24) is 20.5 Å². The van der Waals surface area contributed by atoms with E-state index in [0.717, 1.165) is 6.07 Å². The molecule has 14 heteroatoms. The van der Waals surface area contributed by atoms with Crippen molar-refractivity contribution in [1.29, 1.82) is 5.26 Å². The van der Waals surface area contributed by atoms with Gasteiger partial charge in [0.15, 0.2) is 0 Å². The lowest BCUT2D eigenvalue weighted by molar-refractivity contribution is -0.121. The van der Waals surface area contributed by atoms with Gasteiger partial charge in [0.25, 0.3) is 5.89 Å². The van der Waals surface area contributed by atoms with Gasteiger partial charge in [-0.25, -0.2) is 18.0 Å². The Bertz CT molecular complexity index is 1930. The van der Waals surface area contributed by atoms with Crippen LogP contribution in [0.15, 0.2) is 59.1 Å². The Labute approximate surface area is 287 Å². The summed E-state index contributed by atoms with van der Waals surface area (Å²) in [4.78, 5) is 32.7. The second-order valence-electron chi connectivity index (χ2n) is 13.8. The zero-order valence-corrected chi connectivity index (χ0v) is 28.7. The summed E-state index contributed by atoms with van der Waals surface area (Å²) in [6, 6.07) is 13.2. The molecular weight excluding hydrogens is 653 g/mol. The Morgan fingerprint density at radius 3 is 2.46 bits per heavy atom. The fourth-order valence-electron chi connectivity index (χ4n) is 5.38. The van der Waals surface area contributed by atoms with Crippen molar-refractivity contribution in [2.24, 2.45) is 0 Å². The molecule has 0 fully saturated rings. The van der Waals surface area contributed by atoms with Crippen molar-refractivity contribution in [3.63, 3.8) is 0 Å². The first-order chi connectivity index (χ1) is 23.4. The summed E-state index contributed by atoms with van der Waals surface area (Å²) < 4.78 is 61.7. The lowest BCUT2D eigenvalue weighted by Gasteiger charge is -2.27. The first kappa shape index (κ1) is 35.8. The van der Waals surface area contributed by atoms with Crippen LogP contribution < -0.4 is 15.0 Å². The third-order valence-corrected chi connectivity index (χ3v) is 7.88. The Kier molecular flexibility index (Phi) is 9.65. The minimum atomic E-state index is -2.30. The molecule has 3 heterocycles. The average molecular weight is 691 g/mol. The highest BCUT2D eigenvalue weighted by molar-refractivity contribution is 6.01. The zero-order chi connectivity index (χ0) is 36.6. The van der Waals surface area contributed by atoms with Crippen LogP contribution in [0.3, 0.4) is 0 Å². The normalized spacial score (nSPS) is 18.5. The van der Waals surface area contributed by atoms with E-state index in [1.165, 1.54) is 31.0 Å². The summed E-state index contributed by atoms with van der Waals surface area (Å²) >= 11 is 0. The SMILES string of the molecule is C[C@@H](F)Oc1ccc(-c2ccc(CN3C(=O)[C@H](NC(=O)OC(C)(C)C)CC(C)(F)c4cc(F)c(-c5nnc(C(C)(C)C#N)o5)cc43)cc2)nc1. The summed E-state index contributed by atoms with van der Waals surface area (Å²) in [5.41, 5.74) is -2.77. The van der Waals surface area contributed by atoms with E-state index < -0.39 is 53.3 Å². The molecule has 1 aliphatic rings.